The summed E-state index contributed by atoms with van der Waals surface area (Å²) in [5.41, 5.74) is -0.0669. The lowest BCUT2D eigenvalue weighted by molar-refractivity contribution is -0.384. The number of rotatable bonds is 3. The van der Waals surface area contributed by atoms with Crippen LogP contribution in [0.25, 0.3) is 0 Å². The van der Waals surface area contributed by atoms with Gasteiger partial charge in [0.05, 0.1) is 17.2 Å². The van der Waals surface area contributed by atoms with E-state index in [1.807, 2.05) is 0 Å². The van der Waals surface area contributed by atoms with Crippen molar-refractivity contribution in [2.24, 2.45) is 0 Å². The highest BCUT2D eigenvalue weighted by atomic mass is 19.2. The number of hydrogen-bond donors (Lipinski definition) is 1. The highest BCUT2D eigenvalue weighted by Gasteiger charge is 2.28. The molecule has 1 unspecified atom stereocenters. The first kappa shape index (κ1) is 13.5. The monoisotopic (exact) mass is 294 g/mol. The van der Waals surface area contributed by atoms with Gasteiger partial charge in [-0.05, 0) is 25.0 Å². The molecule has 1 atom stereocenters. The standard InChI is InChI=1S/C14H12F2N2O3/c15-9-4-5-11(18(19)20)14(13(9)16)17-10-2-1-3-12-8(10)6-7-21-12/h4-7,10,17H,1-3H2. The van der Waals surface area contributed by atoms with Crippen molar-refractivity contribution >= 4 is 11.4 Å². The van der Waals surface area contributed by atoms with Crippen LogP contribution in [0, 0.1) is 21.7 Å². The van der Waals surface area contributed by atoms with Gasteiger partial charge in [0.2, 0.25) is 0 Å². The van der Waals surface area contributed by atoms with Gasteiger partial charge in [-0.15, -0.1) is 0 Å². The molecule has 1 aliphatic rings. The second-order valence-electron chi connectivity index (χ2n) is 4.90. The largest absolute Gasteiger partial charge is 0.469 e. The lowest BCUT2D eigenvalue weighted by atomic mass is 9.93. The number of nitrogens with one attached hydrogen (secondary N) is 1. The molecule has 0 amide bonds. The lowest BCUT2D eigenvalue weighted by Gasteiger charge is -2.23. The normalized spacial score (nSPS) is 17.3. The van der Waals surface area contributed by atoms with Crippen molar-refractivity contribution in [1.29, 1.82) is 0 Å². The molecule has 0 radical (unpaired) electrons. The summed E-state index contributed by atoms with van der Waals surface area (Å²) in [6.07, 6.45) is 3.78. The Balaban J connectivity index is 2.00. The van der Waals surface area contributed by atoms with Gasteiger partial charge in [0.25, 0.3) is 5.69 Å². The molecule has 3 rings (SSSR count). The van der Waals surface area contributed by atoms with Crippen LogP contribution in [-0.4, -0.2) is 4.92 Å². The van der Waals surface area contributed by atoms with Gasteiger partial charge in [-0.2, -0.15) is 0 Å². The zero-order valence-corrected chi connectivity index (χ0v) is 10.9. The molecule has 1 aromatic heterocycles. The minimum Gasteiger partial charge on any atom is -0.469 e. The number of furan rings is 1. The summed E-state index contributed by atoms with van der Waals surface area (Å²) in [4.78, 5) is 10.2. The Bertz CT molecular complexity index is 700. The molecule has 110 valence electrons. The maximum absolute atomic E-state index is 13.9. The van der Waals surface area contributed by atoms with Crippen LogP contribution < -0.4 is 5.32 Å². The molecule has 0 saturated heterocycles. The van der Waals surface area contributed by atoms with E-state index in [1.54, 1.807) is 6.07 Å². The first-order valence-corrected chi connectivity index (χ1v) is 6.53. The van der Waals surface area contributed by atoms with Crippen molar-refractivity contribution in [3.8, 4) is 0 Å². The Kier molecular flexibility index (Phi) is 3.32. The fourth-order valence-electron chi connectivity index (χ4n) is 2.64. The number of hydrogen-bond acceptors (Lipinski definition) is 4. The fourth-order valence-corrected chi connectivity index (χ4v) is 2.64. The number of nitro groups is 1. The molecule has 21 heavy (non-hydrogen) atoms. The summed E-state index contributed by atoms with van der Waals surface area (Å²) in [7, 11) is 0. The molecule has 5 nitrogen and oxygen atoms in total. The Morgan fingerprint density at radius 1 is 1.33 bits per heavy atom. The quantitative estimate of drug-likeness (QED) is 0.687. The number of anilines is 1. The van der Waals surface area contributed by atoms with Gasteiger partial charge in [-0.1, -0.05) is 0 Å². The average Bonchev–Trinajstić information content (AvgIpc) is 2.93. The van der Waals surface area contributed by atoms with E-state index in [0.29, 0.717) is 6.42 Å². The van der Waals surface area contributed by atoms with Crippen molar-refractivity contribution in [3.05, 3.63) is 57.5 Å². The van der Waals surface area contributed by atoms with Crippen molar-refractivity contribution in [2.75, 3.05) is 5.32 Å². The van der Waals surface area contributed by atoms with E-state index in [4.69, 9.17) is 4.42 Å². The summed E-state index contributed by atoms with van der Waals surface area (Å²) >= 11 is 0. The van der Waals surface area contributed by atoms with E-state index in [1.165, 1.54) is 6.26 Å². The van der Waals surface area contributed by atoms with Crippen LogP contribution in [0.15, 0.2) is 28.9 Å². The van der Waals surface area contributed by atoms with E-state index in [-0.39, 0.29) is 6.04 Å². The second-order valence-corrected chi connectivity index (χ2v) is 4.90. The third kappa shape index (κ3) is 2.35. The van der Waals surface area contributed by atoms with E-state index < -0.39 is 27.9 Å². The number of nitrogens with zero attached hydrogens (tertiary/aromatic N) is 1. The van der Waals surface area contributed by atoms with Gasteiger partial charge in [0.1, 0.15) is 5.76 Å². The van der Waals surface area contributed by atoms with E-state index in [9.17, 15) is 18.9 Å². The molecule has 1 aliphatic carbocycles. The Labute approximate surface area is 118 Å². The van der Waals surface area contributed by atoms with Crippen molar-refractivity contribution in [2.45, 2.75) is 25.3 Å². The third-order valence-corrected chi connectivity index (χ3v) is 3.64. The summed E-state index contributed by atoms with van der Waals surface area (Å²) in [6.45, 7) is 0. The molecule has 7 heteroatoms. The summed E-state index contributed by atoms with van der Waals surface area (Å²) < 4.78 is 32.6. The Morgan fingerprint density at radius 3 is 2.90 bits per heavy atom. The smallest absolute Gasteiger partial charge is 0.295 e. The molecule has 1 heterocycles. The van der Waals surface area contributed by atoms with Crippen LogP contribution >= 0.6 is 0 Å². The van der Waals surface area contributed by atoms with Gasteiger partial charge in [0.15, 0.2) is 17.3 Å². The topological polar surface area (TPSA) is 68.3 Å². The summed E-state index contributed by atoms with van der Waals surface area (Å²) in [6, 6.07) is 3.13. The minimum absolute atomic E-state index is 0.331. The molecule has 0 bridgehead atoms. The average molecular weight is 294 g/mol. The lowest BCUT2D eigenvalue weighted by Crippen LogP contribution is -2.17. The molecular weight excluding hydrogens is 282 g/mol. The summed E-state index contributed by atoms with van der Waals surface area (Å²) in [5, 5.41) is 13.7. The maximum atomic E-state index is 13.9. The number of nitro benzene ring substituents is 1. The molecular formula is C14H12F2N2O3. The van der Waals surface area contributed by atoms with Crippen LogP contribution in [0.4, 0.5) is 20.2 Å². The molecule has 1 aromatic carbocycles. The number of benzene rings is 1. The van der Waals surface area contributed by atoms with Gasteiger partial charge in [-0.25, -0.2) is 8.78 Å². The second kappa shape index (κ2) is 5.16. The van der Waals surface area contributed by atoms with Crippen LogP contribution in [-0.2, 0) is 6.42 Å². The van der Waals surface area contributed by atoms with Crippen molar-refractivity contribution in [3.63, 3.8) is 0 Å². The number of aryl methyl sites for hydroxylation is 1. The van der Waals surface area contributed by atoms with Crippen LogP contribution in [0.2, 0.25) is 0 Å². The number of fused-ring (bicyclic) bond motifs is 1. The van der Waals surface area contributed by atoms with Gasteiger partial charge >= 0.3 is 0 Å². The van der Waals surface area contributed by atoms with E-state index in [2.05, 4.69) is 5.32 Å². The van der Waals surface area contributed by atoms with E-state index >= 15 is 0 Å². The van der Waals surface area contributed by atoms with Crippen LogP contribution in [0.1, 0.15) is 30.2 Å². The van der Waals surface area contributed by atoms with Crippen molar-refractivity contribution in [1.82, 2.24) is 0 Å². The van der Waals surface area contributed by atoms with Crippen LogP contribution in [0.5, 0.6) is 0 Å². The zero-order valence-electron chi connectivity index (χ0n) is 10.9. The van der Waals surface area contributed by atoms with Gasteiger partial charge < -0.3 is 9.73 Å². The molecule has 0 aliphatic heterocycles. The molecule has 1 N–H and O–H groups in total. The zero-order chi connectivity index (χ0) is 15.0. The molecule has 0 saturated carbocycles. The van der Waals surface area contributed by atoms with Crippen LogP contribution in [0.3, 0.4) is 0 Å². The SMILES string of the molecule is O=[N+]([O-])c1ccc(F)c(F)c1NC1CCCc2occc21. The molecule has 0 spiro atoms. The minimum atomic E-state index is -1.24. The third-order valence-electron chi connectivity index (χ3n) is 3.64. The first-order chi connectivity index (χ1) is 10.1. The first-order valence-electron chi connectivity index (χ1n) is 6.53. The molecule has 0 fully saturated rings. The van der Waals surface area contributed by atoms with Crippen molar-refractivity contribution < 1.29 is 18.1 Å². The summed E-state index contributed by atoms with van der Waals surface area (Å²) in [5.74, 6) is -1.58. The fraction of sp³-hybridized carbons (Fsp3) is 0.286. The molecule has 2 aromatic rings. The van der Waals surface area contributed by atoms with Gasteiger partial charge in [0, 0.05) is 18.1 Å². The maximum Gasteiger partial charge on any atom is 0.295 e. The number of halogens is 2. The predicted octanol–water partition coefficient (Wildman–Crippen LogP) is 3.96. The predicted molar refractivity (Wildman–Crippen MR) is 71.0 cm³/mol. The Morgan fingerprint density at radius 2 is 2.14 bits per heavy atom. The van der Waals surface area contributed by atoms with E-state index in [0.717, 1.165) is 36.3 Å². The highest BCUT2D eigenvalue weighted by molar-refractivity contribution is 5.63. The van der Waals surface area contributed by atoms with Gasteiger partial charge in [-0.3, -0.25) is 10.1 Å². The highest BCUT2D eigenvalue weighted by Crippen LogP contribution is 2.37. The Hall–Kier alpha value is -2.44.